The summed E-state index contributed by atoms with van der Waals surface area (Å²) in [5.74, 6) is -0.834. The first kappa shape index (κ1) is 27.4. The number of hydrogen-bond acceptors (Lipinski definition) is 8. The molecule has 0 radical (unpaired) electrons. The Bertz CT molecular complexity index is 1700. The van der Waals surface area contributed by atoms with Gasteiger partial charge in [0.2, 0.25) is 0 Å². The third-order valence-corrected chi connectivity index (χ3v) is 6.34. The predicted octanol–water partition coefficient (Wildman–Crippen LogP) is 8.17. The summed E-state index contributed by atoms with van der Waals surface area (Å²) in [7, 11) is -4.66. The van der Waals surface area contributed by atoms with E-state index in [0.717, 1.165) is 12.1 Å². The molecule has 39 heavy (non-hydrogen) atoms. The van der Waals surface area contributed by atoms with Crippen LogP contribution in [-0.4, -0.2) is 23.2 Å². The Morgan fingerprint density at radius 1 is 0.667 bits per heavy atom. The summed E-state index contributed by atoms with van der Waals surface area (Å²) in [4.78, 5) is -0.418. The standard InChI is InChI=1S/C26H19F3N4O5S/c1-15-12-18(7-10-23(15)34)31-33-20-6-9-21(25(14-20)39(36,37)38)16-2-4-17(5-3-16)30-32-19-8-11-24(35)22(13-19)26(27,28)29/h2-14,34-35H,1H3,(H,36,37,38). The monoisotopic (exact) mass is 556 g/mol. The fraction of sp³-hybridized carbons (Fsp3) is 0.0769. The lowest BCUT2D eigenvalue weighted by Gasteiger charge is -2.09. The summed E-state index contributed by atoms with van der Waals surface area (Å²) in [6, 6.07) is 17.3. The van der Waals surface area contributed by atoms with Crippen LogP contribution in [0.1, 0.15) is 11.1 Å². The fourth-order valence-electron chi connectivity index (χ4n) is 3.48. The SMILES string of the molecule is Cc1cc(N=Nc2ccc(-c3ccc(N=Nc4ccc(O)c(C(F)(F)F)c4)cc3)c(S(=O)(=O)O)c2)ccc1O. The summed E-state index contributed by atoms with van der Waals surface area (Å²) in [5, 5.41) is 34.7. The lowest BCUT2D eigenvalue weighted by Crippen LogP contribution is -2.04. The van der Waals surface area contributed by atoms with Crippen molar-refractivity contribution in [3.8, 4) is 22.6 Å². The smallest absolute Gasteiger partial charge is 0.420 e. The van der Waals surface area contributed by atoms with Crippen LogP contribution in [0.4, 0.5) is 35.9 Å². The number of phenols is 2. The molecule has 0 aliphatic heterocycles. The fourth-order valence-corrected chi connectivity index (χ4v) is 4.21. The maximum atomic E-state index is 13.0. The van der Waals surface area contributed by atoms with Crippen molar-refractivity contribution in [2.24, 2.45) is 20.5 Å². The number of phenolic OH excluding ortho intramolecular Hbond substituents is 2. The number of alkyl halides is 3. The minimum atomic E-state index is -4.76. The van der Waals surface area contributed by atoms with Gasteiger partial charge in [0.15, 0.2) is 0 Å². The first-order valence-corrected chi connectivity index (χ1v) is 12.5. The highest BCUT2D eigenvalue weighted by molar-refractivity contribution is 7.86. The molecule has 0 unspecified atom stereocenters. The lowest BCUT2D eigenvalue weighted by molar-refractivity contribution is -0.138. The van der Waals surface area contributed by atoms with Gasteiger partial charge in [-0.25, -0.2) is 0 Å². The number of nitrogens with zero attached hydrogens (tertiary/aromatic N) is 4. The molecule has 0 saturated carbocycles. The number of aromatic hydroxyl groups is 2. The van der Waals surface area contributed by atoms with E-state index in [2.05, 4.69) is 20.5 Å². The molecule has 9 nitrogen and oxygen atoms in total. The van der Waals surface area contributed by atoms with Gasteiger partial charge in [0, 0.05) is 5.56 Å². The summed E-state index contributed by atoms with van der Waals surface area (Å²) >= 11 is 0. The van der Waals surface area contributed by atoms with E-state index in [-0.39, 0.29) is 28.4 Å². The highest BCUT2D eigenvalue weighted by Gasteiger charge is 2.34. The van der Waals surface area contributed by atoms with E-state index in [1.54, 1.807) is 13.0 Å². The molecule has 4 rings (SSSR count). The van der Waals surface area contributed by atoms with Crippen molar-refractivity contribution in [1.82, 2.24) is 0 Å². The zero-order chi connectivity index (χ0) is 28.4. The van der Waals surface area contributed by atoms with Crippen LogP contribution in [-0.2, 0) is 16.3 Å². The molecular formula is C26H19F3N4O5S. The van der Waals surface area contributed by atoms with Crippen LogP contribution in [0, 0.1) is 6.92 Å². The number of aryl methyl sites for hydroxylation is 1. The second-order valence-electron chi connectivity index (χ2n) is 8.27. The van der Waals surface area contributed by atoms with Crippen LogP contribution in [0.5, 0.6) is 11.5 Å². The molecule has 4 aromatic rings. The van der Waals surface area contributed by atoms with E-state index in [1.165, 1.54) is 54.6 Å². The van der Waals surface area contributed by atoms with Gasteiger partial charge >= 0.3 is 6.18 Å². The van der Waals surface area contributed by atoms with Crippen molar-refractivity contribution in [3.63, 3.8) is 0 Å². The Balaban J connectivity index is 1.60. The number of halogens is 3. The van der Waals surface area contributed by atoms with Gasteiger partial charge in [-0.1, -0.05) is 18.2 Å². The Morgan fingerprint density at radius 2 is 1.15 bits per heavy atom. The molecule has 0 atom stereocenters. The Kier molecular flexibility index (Phi) is 7.47. The number of hydrogen-bond donors (Lipinski definition) is 3. The van der Waals surface area contributed by atoms with Crippen molar-refractivity contribution in [2.75, 3.05) is 0 Å². The predicted molar refractivity (Wildman–Crippen MR) is 136 cm³/mol. The van der Waals surface area contributed by atoms with Crippen molar-refractivity contribution in [3.05, 3.63) is 90.0 Å². The Morgan fingerprint density at radius 3 is 1.72 bits per heavy atom. The molecule has 0 aromatic heterocycles. The van der Waals surface area contributed by atoms with Crippen LogP contribution in [0.2, 0.25) is 0 Å². The highest BCUT2D eigenvalue weighted by atomic mass is 32.2. The second kappa shape index (κ2) is 10.6. The van der Waals surface area contributed by atoms with Gasteiger partial charge in [0.05, 0.1) is 28.3 Å². The van der Waals surface area contributed by atoms with E-state index >= 15 is 0 Å². The lowest BCUT2D eigenvalue weighted by atomic mass is 10.0. The quantitative estimate of drug-likeness (QED) is 0.162. The zero-order valence-corrected chi connectivity index (χ0v) is 20.8. The average molecular weight is 557 g/mol. The molecule has 13 heteroatoms. The minimum Gasteiger partial charge on any atom is -0.508 e. The zero-order valence-electron chi connectivity index (χ0n) is 20.0. The molecule has 0 amide bonds. The summed E-state index contributed by atoms with van der Waals surface area (Å²) in [6.45, 7) is 1.68. The third-order valence-electron chi connectivity index (χ3n) is 5.45. The van der Waals surface area contributed by atoms with Crippen LogP contribution in [0.15, 0.2) is 104 Å². The molecule has 200 valence electrons. The Labute approximate surface area is 220 Å². The van der Waals surface area contributed by atoms with Crippen molar-refractivity contribution in [2.45, 2.75) is 18.0 Å². The minimum absolute atomic E-state index is 0.0930. The first-order valence-electron chi connectivity index (χ1n) is 11.1. The maximum Gasteiger partial charge on any atom is 0.420 e. The summed E-state index contributed by atoms with van der Waals surface area (Å²) < 4.78 is 73.0. The molecule has 0 saturated heterocycles. The average Bonchev–Trinajstić information content (AvgIpc) is 2.88. The molecule has 0 aliphatic carbocycles. The van der Waals surface area contributed by atoms with Gasteiger partial charge in [-0.3, -0.25) is 4.55 Å². The largest absolute Gasteiger partial charge is 0.508 e. The summed E-state index contributed by atoms with van der Waals surface area (Å²) in [6.07, 6.45) is -4.76. The van der Waals surface area contributed by atoms with E-state index < -0.39 is 32.5 Å². The van der Waals surface area contributed by atoms with Gasteiger partial charge < -0.3 is 10.2 Å². The molecule has 0 aliphatic rings. The van der Waals surface area contributed by atoms with Crippen LogP contribution >= 0.6 is 0 Å². The highest BCUT2D eigenvalue weighted by Crippen LogP contribution is 2.38. The number of rotatable bonds is 6. The van der Waals surface area contributed by atoms with Gasteiger partial charge in [-0.15, -0.1) is 0 Å². The molecule has 0 heterocycles. The second-order valence-corrected chi connectivity index (χ2v) is 9.66. The van der Waals surface area contributed by atoms with Gasteiger partial charge in [-0.2, -0.15) is 42.0 Å². The topological polar surface area (TPSA) is 144 Å². The van der Waals surface area contributed by atoms with Crippen molar-refractivity contribution < 1.29 is 36.4 Å². The van der Waals surface area contributed by atoms with E-state index in [0.29, 0.717) is 22.9 Å². The van der Waals surface area contributed by atoms with Crippen molar-refractivity contribution in [1.29, 1.82) is 0 Å². The Hall–Kier alpha value is -4.62. The molecular weight excluding hydrogens is 537 g/mol. The van der Waals surface area contributed by atoms with Crippen LogP contribution in [0.3, 0.4) is 0 Å². The normalized spacial score (nSPS) is 12.4. The van der Waals surface area contributed by atoms with Crippen molar-refractivity contribution >= 4 is 32.9 Å². The van der Waals surface area contributed by atoms with Crippen LogP contribution < -0.4 is 0 Å². The number of benzene rings is 4. The summed E-state index contributed by atoms with van der Waals surface area (Å²) in [5.41, 5.74) is 0.584. The molecule has 3 N–H and O–H groups in total. The third kappa shape index (κ3) is 6.64. The molecule has 4 aromatic carbocycles. The van der Waals surface area contributed by atoms with E-state index in [1.807, 2.05) is 0 Å². The maximum absolute atomic E-state index is 13.0. The first-order chi connectivity index (χ1) is 18.3. The van der Waals surface area contributed by atoms with E-state index in [4.69, 9.17) is 0 Å². The number of azo groups is 2. The molecule has 0 fully saturated rings. The van der Waals surface area contributed by atoms with Gasteiger partial charge in [0.25, 0.3) is 10.1 Å². The van der Waals surface area contributed by atoms with Gasteiger partial charge in [-0.05, 0) is 78.7 Å². The van der Waals surface area contributed by atoms with Gasteiger partial charge in [0.1, 0.15) is 16.4 Å². The molecule has 0 spiro atoms. The van der Waals surface area contributed by atoms with Crippen LogP contribution in [0.25, 0.3) is 11.1 Å². The van der Waals surface area contributed by atoms with E-state index in [9.17, 15) is 36.4 Å². The molecule has 0 bridgehead atoms.